The Morgan fingerprint density at radius 1 is 1.09 bits per heavy atom. The number of rotatable bonds is 8. The lowest BCUT2D eigenvalue weighted by Crippen LogP contribution is -2.44. The van der Waals surface area contributed by atoms with Gasteiger partial charge in [0, 0.05) is 19.0 Å². The highest BCUT2D eigenvalue weighted by atomic mass is 16.2. The van der Waals surface area contributed by atoms with Crippen molar-refractivity contribution in [2.45, 2.75) is 89.0 Å². The number of nitrogens with zero attached hydrogens (tertiary/aromatic N) is 3. The molecule has 3 aliphatic rings. The van der Waals surface area contributed by atoms with Crippen LogP contribution in [0.4, 0.5) is 0 Å². The maximum Gasteiger partial charge on any atom is 0.257 e. The predicted molar refractivity (Wildman–Crippen MR) is 133 cm³/mol. The average molecular weight is 463 g/mol. The highest BCUT2D eigenvalue weighted by molar-refractivity contribution is 6.06. The normalized spacial score (nSPS) is 27.9. The van der Waals surface area contributed by atoms with E-state index in [0.717, 1.165) is 44.9 Å². The van der Waals surface area contributed by atoms with E-state index in [0.29, 0.717) is 41.3 Å². The number of benzene rings is 1. The summed E-state index contributed by atoms with van der Waals surface area (Å²) in [5.41, 5.74) is 6.65. The highest BCUT2D eigenvalue weighted by Crippen LogP contribution is 2.42. The number of ketones is 1. The molecule has 0 unspecified atom stereocenters. The minimum absolute atomic E-state index is 0.0524. The predicted octanol–water partition coefficient (Wildman–Crippen LogP) is 5.21. The maximum atomic E-state index is 13.3. The third kappa shape index (κ3) is 5.51. The lowest BCUT2D eigenvalue weighted by Gasteiger charge is -2.35. The van der Waals surface area contributed by atoms with Gasteiger partial charge in [-0.05, 0) is 62.0 Å². The number of hydrogen-bond donors (Lipinski definition) is 1. The van der Waals surface area contributed by atoms with Gasteiger partial charge in [0.05, 0.1) is 11.6 Å². The van der Waals surface area contributed by atoms with Crippen LogP contribution in [0.25, 0.3) is 0 Å². The van der Waals surface area contributed by atoms with Crippen LogP contribution in [0.2, 0.25) is 0 Å². The van der Waals surface area contributed by atoms with Crippen molar-refractivity contribution in [1.82, 2.24) is 4.90 Å². The molecule has 2 fully saturated rings. The number of nitrogens with two attached hydrogens (primary N) is 1. The molecule has 6 nitrogen and oxygen atoms in total. The van der Waals surface area contributed by atoms with Crippen LogP contribution in [0.3, 0.4) is 0 Å². The summed E-state index contributed by atoms with van der Waals surface area (Å²) in [4.78, 5) is 32.5. The van der Waals surface area contributed by atoms with Crippen LogP contribution in [0, 0.1) is 29.1 Å². The van der Waals surface area contributed by atoms with Crippen molar-refractivity contribution in [3.63, 3.8) is 0 Å². The summed E-state index contributed by atoms with van der Waals surface area (Å²) in [6, 6.07) is 9.02. The zero-order valence-electron chi connectivity index (χ0n) is 20.5. The van der Waals surface area contributed by atoms with Crippen LogP contribution < -0.4 is 5.73 Å². The summed E-state index contributed by atoms with van der Waals surface area (Å²) in [5.74, 6) is 1.94. The Hall–Kier alpha value is -2.68. The molecule has 0 aromatic heterocycles. The van der Waals surface area contributed by atoms with Crippen LogP contribution in [-0.4, -0.2) is 35.1 Å². The Kier molecular flexibility index (Phi) is 7.70. The first-order valence-corrected chi connectivity index (χ1v) is 13.1. The van der Waals surface area contributed by atoms with Gasteiger partial charge in [-0.2, -0.15) is 5.26 Å². The van der Waals surface area contributed by atoms with Crippen LogP contribution in [0.1, 0.15) is 99.4 Å². The number of carbonyl (C=O) groups is 2. The van der Waals surface area contributed by atoms with Gasteiger partial charge in [-0.15, -0.1) is 0 Å². The second kappa shape index (κ2) is 10.7. The molecule has 2 N–H and O–H groups in total. The van der Waals surface area contributed by atoms with Gasteiger partial charge in [-0.3, -0.25) is 14.5 Å². The molecule has 0 bridgehead atoms. The van der Waals surface area contributed by atoms with Crippen molar-refractivity contribution in [1.29, 1.82) is 5.26 Å². The summed E-state index contributed by atoms with van der Waals surface area (Å²) < 4.78 is 0. The van der Waals surface area contributed by atoms with E-state index in [9.17, 15) is 9.59 Å². The average Bonchev–Trinajstić information content (AvgIpc) is 3.07. The summed E-state index contributed by atoms with van der Waals surface area (Å²) in [7, 11) is 1.74. The summed E-state index contributed by atoms with van der Waals surface area (Å²) in [6.45, 7) is 0. The van der Waals surface area contributed by atoms with Gasteiger partial charge < -0.3 is 5.73 Å². The Labute approximate surface area is 203 Å². The lowest BCUT2D eigenvalue weighted by atomic mass is 9.71. The van der Waals surface area contributed by atoms with Crippen LogP contribution >= 0.6 is 0 Å². The monoisotopic (exact) mass is 462 g/mol. The molecule has 1 amide bonds. The fraction of sp³-hybridized carbons (Fsp3) is 0.643. The molecule has 0 radical (unpaired) electrons. The van der Waals surface area contributed by atoms with E-state index < -0.39 is 5.54 Å². The number of likely N-dealkylation sites (N-methyl/N-ethyl adjacent to an activating group) is 1. The molecule has 34 heavy (non-hydrogen) atoms. The molecule has 2 aliphatic carbocycles. The molecule has 2 saturated carbocycles. The number of Topliss-reactive ketones (excluding diaryl/α,β-unsaturated/α-hetero) is 1. The van der Waals surface area contributed by atoms with E-state index in [-0.39, 0.29) is 11.7 Å². The van der Waals surface area contributed by atoms with Gasteiger partial charge in [-0.1, -0.05) is 57.1 Å². The minimum atomic E-state index is -0.722. The zero-order valence-corrected chi connectivity index (χ0v) is 20.5. The van der Waals surface area contributed by atoms with E-state index in [4.69, 9.17) is 16.0 Å². The van der Waals surface area contributed by atoms with E-state index >= 15 is 0 Å². The van der Waals surface area contributed by atoms with Gasteiger partial charge in [-0.25, -0.2) is 4.99 Å². The first kappa shape index (κ1) is 24.4. The Balaban J connectivity index is 1.40. The molecule has 6 heteroatoms. The number of aliphatic imine (C=N–C) groups is 1. The molecule has 4 rings (SSSR count). The van der Waals surface area contributed by atoms with Crippen molar-refractivity contribution in [3.05, 3.63) is 35.4 Å². The number of carbonyl (C=O) groups excluding carboxylic acids is 2. The molecule has 3 atom stereocenters. The lowest BCUT2D eigenvalue weighted by molar-refractivity contribution is -0.131. The van der Waals surface area contributed by atoms with Gasteiger partial charge in [0.25, 0.3) is 5.91 Å². The van der Waals surface area contributed by atoms with Crippen LogP contribution in [0.15, 0.2) is 29.3 Å². The second-order valence-electron chi connectivity index (χ2n) is 10.8. The third-order valence-corrected chi connectivity index (χ3v) is 8.39. The quantitative estimate of drug-likeness (QED) is 0.536. The van der Waals surface area contributed by atoms with Gasteiger partial charge in [0.2, 0.25) is 0 Å². The maximum absolute atomic E-state index is 13.3. The molecule has 0 spiro atoms. The number of guanidine groups is 1. The van der Waals surface area contributed by atoms with Gasteiger partial charge >= 0.3 is 0 Å². The van der Waals surface area contributed by atoms with E-state index in [1.807, 2.05) is 0 Å². The van der Waals surface area contributed by atoms with E-state index in [2.05, 4.69) is 6.07 Å². The summed E-state index contributed by atoms with van der Waals surface area (Å²) in [6.07, 6.45) is 13.7. The van der Waals surface area contributed by atoms with Gasteiger partial charge in [0.15, 0.2) is 11.7 Å². The molecular formula is C28H38N4O2. The summed E-state index contributed by atoms with van der Waals surface area (Å²) >= 11 is 0. The Morgan fingerprint density at radius 2 is 1.76 bits per heavy atom. The van der Waals surface area contributed by atoms with Crippen LogP contribution in [0.5, 0.6) is 0 Å². The standard InChI is InChI=1S/C28H38N4O2/c1-32-26(34)28(31-27(32)30,15-14-20-6-3-2-4-7-20)18-23-9-5-8-22(16-23)17-25(33)24-12-10-21(19-29)11-13-24/h10-13,20,22-23H,2-9,14-18H2,1H3,(H2,30,31)/t22-,23+,28-/m1/s1. The SMILES string of the molecule is CN1C(=O)[C@@](CCC2CCCCC2)(C[C@H]2CCC[C@@H](CC(=O)c3ccc(C#N)cc3)C2)N=C1N. The topological polar surface area (TPSA) is 99.5 Å². The van der Waals surface area contributed by atoms with Gasteiger partial charge in [0.1, 0.15) is 5.54 Å². The molecule has 1 aliphatic heterocycles. The highest BCUT2D eigenvalue weighted by Gasteiger charge is 2.48. The minimum Gasteiger partial charge on any atom is -0.369 e. The first-order chi connectivity index (χ1) is 16.4. The van der Waals surface area contributed by atoms with Crippen molar-refractivity contribution in [3.8, 4) is 6.07 Å². The molecular weight excluding hydrogens is 424 g/mol. The van der Waals surface area contributed by atoms with Crippen molar-refractivity contribution >= 4 is 17.6 Å². The molecule has 1 aromatic rings. The fourth-order valence-electron chi connectivity index (χ4n) is 6.44. The van der Waals surface area contributed by atoms with Crippen LogP contribution in [-0.2, 0) is 4.79 Å². The third-order valence-electron chi connectivity index (χ3n) is 8.39. The van der Waals surface area contributed by atoms with E-state index in [1.165, 1.54) is 37.0 Å². The summed E-state index contributed by atoms with van der Waals surface area (Å²) in [5, 5.41) is 8.98. The Morgan fingerprint density at radius 3 is 2.41 bits per heavy atom. The largest absolute Gasteiger partial charge is 0.369 e. The van der Waals surface area contributed by atoms with Crippen molar-refractivity contribution in [2.75, 3.05) is 7.05 Å². The zero-order chi connectivity index (χ0) is 24.1. The molecule has 1 aromatic carbocycles. The fourth-order valence-corrected chi connectivity index (χ4v) is 6.44. The number of hydrogen-bond acceptors (Lipinski definition) is 5. The Bertz CT molecular complexity index is 958. The molecule has 0 saturated heterocycles. The van der Waals surface area contributed by atoms with E-state index in [1.54, 1.807) is 31.3 Å². The number of nitriles is 1. The second-order valence-corrected chi connectivity index (χ2v) is 10.8. The molecule has 182 valence electrons. The van der Waals surface area contributed by atoms with Crippen molar-refractivity contribution < 1.29 is 9.59 Å². The smallest absolute Gasteiger partial charge is 0.257 e. The number of amides is 1. The molecule has 1 heterocycles. The van der Waals surface area contributed by atoms with Crippen molar-refractivity contribution in [2.24, 2.45) is 28.5 Å². The first-order valence-electron chi connectivity index (χ1n) is 13.1.